The highest BCUT2D eigenvalue weighted by Gasteiger charge is 2.24. The standard InChI is InChI=1S/C15H17NO2/c1-10-6-7-11(8-10)16-15(17)13-9-18-14-5-3-2-4-12(13)14/h2-5,9-11H,6-8H2,1H3,(H,16,17). The van der Waals surface area contributed by atoms with E-state index in [1.54, 1.807) is 6.26 Å². The van der Waals surface area contributed by atoms with Crippen LogP contribution in [-0.2, 0) is 0 Å². The molecule has 0 saturated heterocycles. The zero-order valence-electron chi connectivity index (χ0n) is 10.5. The summed E-state index contributed by atoms with van der Waals surface area (Å²) >= 11 is 0. The van der Waals surface area contributed by atoms with Gasteiger partial charge in [0.25, 0.3) is 5.91 Å². The average molecular weight is 243 g/mol. The highest BCUT2D eigenvalue weighted by molar-refractivity contribution is 6.05. The third-order valence-electron chi connectivity index (χ3n) is 3.76. The quantitative estimate of drug-likeness (QED) is 0.878. The van der Waals surface area contributed by atoms with Crippen molar-refractivity contribution < 1.29 is 9.21 Å². The van der Waals surface area contributed by atoms with E-state index >= 15 is 0 Å². The Morgan fingerprint density at radius 1 is 1.33 bits per heavy atom. The average Bonchev–Trinajstić information content (AvgIpc) is 2.95. The van der Waals surface area contributed by atoms with Crippen molar-refractivity contribution in [2.45, 2.75) is 32.2 Å². The van der Waals surface area contributed by atoms with Crippen molar-refractivity contribution in [3.8, 4) is 0 Å². The second-order valence-corrected chi connectivity index (χ2v) is 5.23. The summed E-state index contributed by atoms with van der Waals surface area (Å²) in [5, 5.41) is 3.99. The van der Waals surface area contributed by atoms with Gasteiger partial charge in [-0.05, 0) is 31.2 Å². The van der Waals surface area contributed by atoms with Gasteiger partial charge in [0.15, 0.2) is 0 Å². The van der Waals surface area contributed by atoms with Gasteiger partial charge in [-0.25, -0.2) is 0 Å². The molecule has 0 aliphatic heterocycles. The number of para-hydroxylation sites is 1. The molecule has 18 heavy (non-hydrogen) atoms. The van der Waals surface area contributed by atoms with E-state index in [9.17, 15) is 4.79 Å². The van der Waals surface area contributed by atoms with Crippen molar-refractivity contribution in [1.82, 2.24) is 5.32 Å². The normalized spacial score (nSPS) is 23.4. The summed E-state index contributed by atoms with van der Waals surface area (Å²) in [6.07, 6.45) is 4.93. The summed E-state index contributed by atoms with van der Waals surface area (Å²) in [6, 6.07) is 7.95. The monoisotopic (exact) mass is 243 g/mol. The SMILES string of the molecule is CC1CCC(NC(=O)c2coc3ccccc23)C1. The molecule has 1 N–H and O–H groups in total. The lowest BCUT2D eigenvalue weighted by Gasteiger charge is -2.11. The lowest BCUT2D eigenvalue weighted by Crippen LogP contribution is -2.32. The number of amides is 1. The molecule has 1 aromatic carbocycles. The molecule has 3 nitrogen and oxygen atoms in total. The van der Waals surface area contributed by atoms with Gasteiger partial charge in [-0.15, -0.1) is 0 Å². The van der Waals surface area contributed by atoms with Crippen molar-refractivity contribution in [1.29, 1.82) is 0 Å². The number of rotatable bonds is 2. The largest absolute Gasteiger partial charge is 0.463 e. The number of nitrogens with one attached hydrogen (secondary N) is 1. The van der Waals surface area contributed by atoms with Crippen LogP contribution in [-0.4, -0.2) is 11.9 Å². The highest BCUT2D eigenvalue weighted by Crippen LogP contribution is 2.26. The number of hydrogen-bond acceptors (Lipinski definition) is 2. The van der Waals surface area contributed by atoms with Gasteiger partial charge in [0, 0.05) is 11.4 Å². The van der Waals surface area contributed by atoms with Crippen LogP contribution in [0.15, 0.2) is 34.9 Å². The van der Waals surface area contributed by atoms with E-state index in [0.717, 1.165) is 29.7 Å². The molecule has 1 heterocycles. The number of furan rings is 1. The molecule has 2 atom stereocenters. The summed E-state index contributed by atoms with van der Waals surface area (Å²) in [4.78, 5) is 12.2. The molecule has 1 amide bonds. The maximum Gasteiger partial charge on any atom is 0.255 e. The van der Waals surface area contributed by atoms with Gasteiger partial charge in [0.1, 0.15) is 11.8 Å². The van der Waals surface area contributed by atoms with Crippen LogP contribution in [0.4, 0.5) is 0 Å². The minimum atomic E-state index is -0.0148. The molecule has 1 fully saturated rings. The Kier molecular flexibility index (Phi) is 2.82. The topological polar surface area (TPSA) is 42.2 Å². The molecule has 1 aromatic heterocycles. The first kappa shape index (κ1) is 11.3. The van der Waals surface area contributed by atoms with Gasteiger partial charge >= 0.3 is 0 Å². The van der Waals surface area contributed by atoms with Gasteiger partial charge in [0.2, 0.25) is 0 Å². The first-order valence-corrected chi connectivity index (χ1v) is 6.51. The van der Waals surface area contributed by atoms with E-state index < -0.39 is 0 Å². The second kappa shape index (κ2) is 4.48. The van der Waals surface area contributed by atoms with Crippen LogP contribution < -0.4 is 5.32 Å². The summed E-state index contributed by atoms with van der Waals surface area (Å²) in [6.45, 7) is 2.24. The minimum absolute atomic E-state index is 0.0148. The van der Waals surface area contributed by atoms with Gasteiger partial charge in [-0.2, -0.15) is 0 Å². The van der Waals surface area contributed by atoms with Gasteiger partial charge in [-0.3, -0.25) is 4.79 Å². The van der Waals surface area contributed by atoms with E-state index in [1.165, 1.54) is 6.42 Å². The van der Waals surface area contributed by atoms with Gasteiger partial charge in [-0.1, -0.05) is 25.1 Å². The molecule has 3 heteroatoms. The zero-order valence-corrected chi connectivity index (χ0v) is 10.5. The molecule has 1 aliphatic rings. The van der Waals surface area contributed by atoms with Crippen LogP contribution in [0.5, 0.6) is 0 Å². The van der Waals surface area contributed by atoms with Crippen molar-refractivity contribution in [3.05, 3.63) is 36.1 Å². The van der Waals surface area contributed by atoms with E-state index in [0.29, 0.717) is 11.6 Å². The van der Waals surface area contributed by atoms with Crippen molar-refractivity contribution >= 4 is 16.9 Å². The fourth-order valence-corrected chi connectivity index (χ4v) is 2.75. The van der Waals surface area contributed by atoms with Crippen LogP contribution >= 0.6 is 0 Å². The summed E-state index contributed by atoms with van der Waals surface area (Å²) in [5.74, 6) is 0.704. The van der Waals surface area contributed by atoms with E-state index in [1.807, 2.05) is 24.3 Å². The lowest BCUT2D eigenvalue weighted by molar-refractivity contribution is 0.0938. The number of carbonyl (C=O) groups is 1. The summed E-state index contributed by atoms with van der Waals surface area (Å²) in [5.41, 5.74) is 1.41. The van der Waals surface area contributed by atoms with Crippen LogP contribution in [0.3, 0.4) is 0 Å². The lowest BCUT2D eigenvalue weighted by atomic mass is 10.1. The van der Waals surface area contributed by atoms with Crippen molar-refractivity contribution in [2.75, 3.05) is 0 Å². The Morgan fingerprint density at radius 3 is 2.94 bits per heavy atom. The third kappa shape index (κ3) is 2.01. The molecule has 0 bridgehead atoms. The predicted molar refractivity (Wildman–Crippen MR) is 70.5 cm³/mol. The first-order chi connectivity index (χ1) is 8.74. The Hall–Kier alpha value is -1.77. The molecular weight excluding hydrogens is 226 g/mol. The van der Waals surface area contributed by atoms with Crippen molar-refractivity contribution in [3.63, 3.8) is 0 Å². The van der Waals surface area contributed by atoms with Crippen molar-refractivity contribution in [2.24, 2.45) is 5.92 Å². The predicted octanol–water partition coefficient (Wildman–Crippen LogP) is 3.35. The Morgan fingerprint density at radius 2 is 2.17 bits per heavy atom. The fraction of sp³-hybridized carbons (Fsp3) is 0.400. The van der Waals surface area contributed by atoms with E-state index in [2.05, 4.69) is 12.2 Å². The van der Waals surface area contributed by atoms with Gasteiger partial charge < -0.3 is 9.73 Å². The maximum absolute atomic E-state index is 12.2. The van der Waals surface area contributed by atoms with Crippen LogP contribution in [0.2, 0.25) is 0 Å². The Balaban J connectivity index is 1.80. The smallest absolute Gasteiger partial charge is 0.255 e. The number of hydrogen-bond donors (Lipinski definition) is 1. The second-order valence-electron chi connectivity index (χ2n) is 5.23. The molecule has 0 radical (unpaired) electrons. The molecule has 1 aliphatic carbocycles. The minimum Gasteiger partial charge on any atom is -0.463 e. The summed E-state index contributed by atoms with van der Waals surface area (Å²) < 4.78 is 5.39. The molecule has 94 valence electrons. The number of benzene rings is 1. The number of fused-ring (bicyclic) bond motifs is 1. The fourth-order valence-electron chi connectivity index (χ4n) is 2.75. The highest BCUT2D eigenvalue weighted by atomic mass is 16.3. The van der Waals surface area contributed by atoms with Crippen LogP contribution in [0.1, 0.15) is 36.5 Å². The van der Waals surface area contributed by atoms with Crippen LogP contribution in [0, 0.1) is 5.92 Å². The zero-order chi connectivity index (χ0) is 12.5. The molecule has 2 unspecified atom stereocenters. The summed E-state index contributed by atoms with van der Waals surface area (Å²) in [7, 11) is 0. The number of carbonyl (C=O) groups excluding carboxylic acids is 1. The van der Waals surface area contributed by atoms with E-state index in [4.69, 9.17) is 4.42 Å². The maximum atomic E-state index is 12.2. The third-order valence-corrected chi connectivity index (χ3v) is 3.76. The van der Waals surface area contributed by atoms with Crippen LogP contribution in [0.25, 0.3) is 11.0 Å². The molecule has 3 rings (SSSR count). The molecule has 1 saturated carbocycles. The van der Waals surface area contributed by atoms with E-state index in [-0.39, 0.29) is 5.91 Å². The molecule has 2 aromatic rings. The molecular formula is C15H17NO2. The first-order valence-electron chi connectivity index (χ1n) is 6.51. The Labute approximate surface area is 106 Å². The Bertz CT molecular complexity index is 573. The van der Waals surface area contributed by atoms with Gasteiger partial charge in [0.05, 0.1) is 5.56 Å². The molecule has 0 spiro atoms.